The van der Waals surface area contributed by atoms with Crippen molar-refractivity contribution in [2.75, 3.05) is 5.43 Å². The first kappa shape index (κ1) is 13.2. The van der Waals surface area contributed by atoms with Crippen LogP contribution in [0, 0.1) is 4.77 Å². The molecule has 0 unspecified atom stereocenters. The summed E-state index contributed by atoms with van der Waals surface area (Å²) in [6.45, 7) is 0. The minimum atomic E-state index is 0.110. The number of halogens is 2. The molecule has 1 heterocycles. The molecule has 1 aromatic carbocycles. The summed E-state index contributed by atoms with van der Waals surface area (Å²) < 4.78 is 1.74. The highest BCUT2D eigenvalue weighted by atomic mass is 79.9. The summed E-state index contributed by atoms with van der Waals surface area (Å²) in [5.74, 6) is 0.503. The van der Waals surface area contributed by atoms with Crippen molar-refractivity contribution < 1.29 is 5.11 Å². The second-order valence-corrected chi connectivity index (χ2v) is 5.37. The molecule has 2 rings (SSSR count). The molecule has 0 amide bonds. The molecular weight excluding hydrogens is 386 g/mol. The Morgan fingerprint density at radius 1 is 1.39 bits per heavy atom. The van der Waals surface area contributed by atoms with Gasteiger partial charge in [-0.3, -0.25) is 10.2 Å². The van der Waals surface area contributed by atoms with Crippen LogP contribution in [0.1, 0.15) is 5.56 Å². The molecule has 4 N–H and O–H groups in total. The molecule has 0 bridgehead atoms. The topological polar surface area (TPSA) is 89.1 Å². The third-order valence-corrected chi connectivity index (χ3v) is 3.19. The zero-order chi connectivity index (χ0) is 13.1. The molecular formula is C9H7Br2N5OS. The highest BCUT2D eigenvalue weighted by molar-refractivity contribution is 9.11. The van der Waals surface area contributed by atoms with E-state index in [1.807, 2.05) is 0 Å². The first-order chi connectivity index (χ1) is 8.56. The molecule has 0 radical (unpaired) electrons. The molecule has 0 saturated carbocycles. The maximum Gasteiger partial charge on any atom is 0.238 e. The number of phenolic OH excluding ortho intramolecular Hbond substituents is 1. The lowest BCUT2D eigenvalue weighted by Crippen LogP contribution is -1.93. The van der Waals surface area contributed by atoms with Gasteiger partial charge in [0.25, 0.3) is 0 Å². The van der Waals surface area contributed by atoms with Crippen LogP contribution < -0.4 is 5.43 Å². The van der Waals surface area contributed by atoms with E-state index in [4.69, 9.17) is 12.2 Å². The third-order valence-electron chi connectivity index (χ3n) is 1.93. The molecule has 0 aliphatic rings. The predicted molar refractivity (Wildman–Crippen MR) is 78.5 cm³/mol. The number of hydrogen-bond donors (Lipinski definition) is 4. The van der Waals surface area contributed by atoms with Crippen molar-refractivity contribution in [3.05, 3.63) is 31.4 Å². The summed E-state index contributed by atoms with van der Waals surface area (Å²) in [6.07, 6.45) is 1.47. The molecule has 6 nitrogen and oxygen atoms in total. The Hall–Kier alpha value is -1.19. The van der Waals surface area contributed by atoms with Crippen molar-refractivity contribution in [3.8, 4) is 5.75 Å². The summed E-state index contributed by atoms with van der Waals surface area (Å²) in [5.41, 5.74) is 3.20. The van der Waals surface area contributed by atoms with Crippen LogP contribution >= 0.6 is 44.1 Å². The number of benzene rings is 1. The maximum atomic E-state index is 9.79. The van der Waals surface area contributed by atoms with Gasteiger partial charge in [-0.15, -0.1) is 0 Å². The number of phenols is 1. The molecule has 0 saturated heterocycles. The number of rotatable bonds is 3. The van der Waals surface area contributed by atoms with Gasteiger partial charge in [0.2, 0.25) is 10.7 Å². The van der Waals surface area contributed by atoms with Crippen molar-refractivity contribution in [2.24, 2.45) is 5.10 Å². The summed E-state index contributed by atoms with van der Waals surface area (Å²) >= 11 is 11.4. The lowest BCUT2D eigenvalue weighted by atomic mass is 10.2. The van der Waals surface area contributed by atoms with E-state index in [-0.39, 0.29) is 5.75 Å². The number of hydrazone groups is 1. The van der Waals surface area contributed by atoms with E-state index in [0.717, 1.165) is 4.47 Å². The van der Waals surface area contributed by atoms with E-state index in [1.165, 1.54) is 6.21 Å². The number of aromatic amines is 2. The fourth-order valence-corrected chi connectivity index (χ4v) is 2.57. The maximum absolute atomic E-state index is 9.79. The van der Waals surface area contributed by atoms with E-state index < -0.39 is 0 Å². The molecule has 0 atom stereocenters. The van der Waals surface area contributed by atoms with Crippen molar-refractivity contribution in [2.45, 2.75) is 0 Å². The van der Waals surface area contributed by atoms with E-state index in [9.17, 15) is 5.11 Å². The first-order valence-corrected chi connectivity index (χ1v) is 6.67. The van der Waals surface area contributed by atoms with Crippen LogP contribution in [-0.4, -0.2) is 26.5 Å². The van der Waals surface area contributed by atoms with E-state index in [1.54, 1.807) is 12.1 Å². The van der Waals surface area contributed by atoms with E-state index in [2.05, 4.69) is 57.6 Å². The Morgan fingerprint density at radius 2 is 2.17 bits per heavy atom. The van der Waals surface area contributed by atoms with Gasteiger partial charge in [0.05, 0.1) is 10.7 Å². The molecule has 0 fully saturated rings. The van der Waals surface area contributed by atoms with Crippen LogP contribution in [0.2, 0.25) is 0 Å². The second-order valence-electron chi connectivity index (χ2n) is 3.21. The Labute approximate surface area is 124 Å². The highest BCUT2D eigenvalue weighted by Crippen LogP contribution is 2.30. The van der Waals surface area contributed by atoms with Crippen LogP contribution in [0.15, 0.2) is 26.2 Å². The predicted octanol–water partition coefficient (Wildman–Crippen LogP) is 3.14. The largest absolute Gasteiger partial charge is 0.506 e. The minimum Gasteiger partial charge on any atom is -0.506 e. The van der Waals surface area contributed by atoms with Crippen LogP contribution in [0.3, 0.4) is 0 Å². The third kappa shape index (κ3) is 3.18. The van der Waals surface area contributed by atoms with Crippen molar-refractivity contribution in [1.82, 2.24) is 15.2 Å². The smallest absolute Gasteiger partial charge is 0.238 e. The summed E-state index contributed by atoms with van der Waals surface area (Å²) in [7, 11) is 0. The van der Waals surface area contributed by atoms with Gasteiger partial charge in [-0.1, -0.05) is 15.9 Å². The molecule has 18 heavy (non-hydrogen) atoms. The number of H-pyrrole nitrogens is 2. The monoisotopic (exact) mass is 391 g/mol. The molecule has 94 valence electrons. The second kappa shape index (κ2) is 5.63. The molecule has 0 spiro atoms. The molecule has 0 aliphatic heterocycles. The number of nitrogens with zero attached hydrogens (tertiary/aromatic N) is 2. The normalized spacial score (nSPS) is 11.0. The fourth-order valence-electron chi connectivity index (χ4n) is 1.17. The van der Waals surface area contributed by atoms with Crippen molar-refractivity contribution in [3.63, 3.8) is 0 Å². The van der Waals surface area contributed by atoms with Crippen LogP contribution in [0.5, 0.6) is 5.75 Å². The highest BCUT2D eigenvalue weighted by Gasteiger charge is 2.05. The minimum absolute atomic E-state index is 0.110. The Bertz CT molecular complexity index is 651. The Kier molecular flexibility index (Phi) is 4.15. The number of aromatic nitrogens is 3. The quantitative estimate of drug-likeness (QED) is 0.367. The molecule has 2 aromatic rings. The molecule has 9 heteroatoms. The van der Waals surface area contributed by atoms with Gasteiger partial charge in [0, 0.05) is 10.0 Å². The standard InChI is InChI=1S/C9H7Br2N5OS/c10-5-1-4(7(17)6(11)2-5)3-12-14-8-13-9(18)16-15-8/h1-3,17H,(H3,13,14,15,16,18)/b12-3+. The van der Waals surface area contributed by atoms with Gasteiger partial charge in [-0.2, -0.15) is 10.1 Å². The summed E-state index contributed by atoms with van der Waals surface area (Å²) in [4.78, 5) is 3.90. The number of nitrogens with one attached hydrogen (secondary N) is 3. The Balaban J connectivity index is 2.16. The average Bonchev–Trinajstić information content (AvgIpc) is 2.71. The lowest BCUT2D eigenvalue weighted by molar-refractivity contribution is 0.471. The van der Waals surface area contributed by atoms with Gasteiger partial charge >= 0.3 is 0 Å². The summed E-state index contributed by atoms with van der Waals surface area (Å²) in [6, 6.07) is 3.48. The van der Waals surface area contributed by atoms with Crippen molar-refractivity contribution >= 4 is 56.2 Å². The number of anilines is 1. The SMILES string of the molecule is Oc1c(Br)cc(Br)cc1/C=N/Nc1nc(=S)[nH][nH]1. The molecule has 0 aliphatic carbocycles. The first-order valence-electron chi connectivity index (χ1n) is 4.68. The number of hydrogen-bond acceptors (Lipinski definition) is 5. The van der Waals surface area contributed by atoms with E-state index in [0.29, 0.717) is 20.8 Å². The Morgan fingerprint density at radius 3 is 2.83 bits per heavy atom. The fraction of sp³-hybridized carbons (Fsp3) is 0. The van der Waals surface area contributed by atoms with E-state index >= 15 is 0 Å². The van der Waals surface area contributed by atoms with Gasteiger partial charge in [-0.25, -0.2) is 5.43 Å². The van der Waals surface area contributed by atoms with Gasteiger partial charge in [0.1, 0.15) is 5.75 Å². The molecule has 1 aromatic heterocycles. The van der Waals surface area contributed by atoms with Gasteiger partial charge < -0.3 is 5.11 Å². The van der Waals surface area contributed by atoms with Crippen molar-refractivity contribution in [1.29, 1.82) is 0 Å². The average molecular weight is 393 g/mol. The number of aromatic hydroxyl groups is 1. The van der Waals surface area contributed by atoms with Gasteiger partial charge in [0.15, 0.2) is 0 Å². The van der Waals surface area contributed by atoms with Crippen LogP contribution in [0.4, 0.5) is 5.95 Å². The van der Waals surface area contributed by atoms with Crippen LogP contribution in [-0.2, 0) is 0 Å². The summed E-state index contributed by atoms with van der Waals surface area (Å²) in [5, 5.41) is 19.0. The van der Waals surface area contributed by atoms with Gasteiger partial charge in [-0.05, 0) is 40.3 Å². The van der Waals surface area contributed by atoms with Crippen LogP contribution in [0.25, 0.3) is 0 Å². The zero-order valence-corrected chi connectivity index (χ0v) is 12.7. The lowest BCUT2D eigenvalue weighted by Gasteiger charge is -2.02. The zero-order valence-electron chi connectivity index (χ0n) is 8.74.